The van der Waals surface area contributed by atoms with Crippen molar-refractivity contribution in [3.8, 4) is 0 Å². The van der Waals surface area contributed by atoms with E-state index in [0.717, 1.165) is 11.1 Å². The molecule has 0 radical (unpaired) electrons. The summed E-state index contributed by atoms with van der Waals surface area (Å²) in [6.07, 6.45) is 3.97. The molecule has 1 aliphatic carbocycles. The molecule has 3 N–H and O–H groups in total. The van der Waals surface area contributed by atoms with Crippen LogP contribution >= 0.6 is 11.6 Å². The molecule has 6 nitrogen and oxygen atoms in total. The molecule has 4 rings (SSSR count). The Kier molecular flexibility index (Phi) is 6.55. The molecule has 1 aliphatic rings. The number of nitrogens with one attached hydrogen (secondary N) is 3. The predicted octanol–water partition coefficient (Wildman–Crippen LogP) is 4.67. The maximum Gasteiger partial charge on any atom is 0.240 e. The van der Waals surface area contributed by atoms with Gasteiger partial charge in [0.05, 0.1) is 16.0 Å². The zero-order valence-electron chi connectivity index (χ0n) is 17.6. The fourth-order valence-electron chi connectivity index (χ4n) is 4.16. The van der Waals surface area contributed by atoms with Gasteiger partial charge in [0, 0.05) is 29.1 Å². The van der Waals surface area contributed by atoms with E-state index >= 15 is 0 Å². The SMILES string of the molecule is C[C@@H](NC(=O)C1CCC(NS(=O)(=O)c2ccc3[nH]cc(Cl)c3c2)CC1)c1ccc(F)cc1. The number of amides is 1. The molecule has 1 heterocycles. The second-order valence-corrected chi connectivity index (χ2v) is 10.4. The van der Waals surface area contributed by atoms with E-state index in [4.69, 9.17) is 11.6 Å². The molecule has 0 bridgehead atoms. The minimum absolute atomic E-state index is 0.0596. The smallest absolute Gasteiger partial charge is 0.240 e. The van der Waals surface area contributed by atoms with Gasteiger partial charge in [-0.25, -0.2) is 17.5 Å². The molecular formula is C23H25ClFN3O3S. The third-order valence-corrected chi connectivity index (χ3v) is 7.89. The van der Waals surface area contributed by atoms with Crippen LogP contribution in [0.5, 0.6) is 0 Å². The van der Waals surface area contributed by atoms with Crippen LogP contribution in [0.2, 0.25) is 5.02 Å². The summed E-state index contributed by atoms with van der Waals surface area (Å²) in [7, 11) is -3.70. The standard InChI is InChI=1S/C23H25ClFN3O3S/c1-14(15-2-6-17(25)7-3-15)27-23(29)16-4-8-18(9-5-16)28-32(30,31)19-10-11-22-20(12-19)21(24)13-26-22/h2-3,6-7,10-14,16,18,26,28H,4-5,8-9H2,1H3,(H,27,29)/t14-,16?,18?/m1/s1. The first-order valence-electron chi connectivity index (χ1n) is 10.6. The number of fused-ring (bicyclic) bond motifs is 1. The number of hydrogen-bond acceptors (Lipinski definition) is 3. The highest BCUT2D eigenvalue weighted by Gasteiger charge is 2.30. The topological polar surface area (TPSA) is 91.1 Å². The zero-order valence-corrected chi connectivity index (χ0v) is 19.1. The number of aromatic amines is 1. The van der Waals surface area contributed by atoms with Crippen molar-refractivity contribution in [2.75, 3.05) is 0 Å². The second-order valence-electron chi connectivity index (χ2n) is 8.30. The molecule has 0 unspecified atom stereocenters. The van der Waals surface area contributed by atoms with E-state index in [1.807, 2.05) is 6.92 Å². The van der Waals surface area contributed by atoms with Crippen molar-refractivity contribution in [3.63, 3.8) is 0 Å². The molecule has 1 fully saturated rings. The highest BCUT2D eigenvalue weighted by molar-refractivity contribution is 7.89. The number of rotatable bonds is 6. The van der Waals surface area contributed by atoms with Gasteiger partial charge in [0.2, 0.25) is 15.9 Å². The Morgan fingerprint density at radius 3 is 2.50 bits per heavy atom. The molecular weight excluding hydrogens is 453 g/mol. The lowest BCUT2D eigenvalue weighted by Crippen LogP contribution is -2.41. The monoisotopic (exact) mass is 477 g/mol. The number of sulfonamides is 1. The average molecular weight is 478 g/mol. The van der Waals surface area contributed by atoms with Crippen molar-refractivity contribution in [1.29, 1.82) is 0 Å². The Morgan fingerprint density at radius 2 is 1.81 bits per heavy atom. The van der Waals surface area contributed by atoms with E-state index < -0.39 is 10.0 Å². The van der Waals surface area contributed by atoms with Crippen molar-refractivity contribution in [1.82, 2.24) is 15.0 Å². The molecule has 1 amide bonds. The fourth-order valence-corrected chi connectivity index (χ4v) is 5.70. The Labute approximate surface area is 191 Å². The molecule has 2 aromatic carbocycles. The number of H-pyrrole nitrogens is 1. The van der Waals surface area contributed by atoms with Crippen LogP contribution in [0.1, 0.15) is 44.2 Å². The quantitative estimate of drug-likeness (QED) is 0.481. The number of halogens is 2. The Bertz CT molecular complexity index is 1220. The van der Waals surface area contributed by atoms with Crippen LogP contribution in [0, 0.1) is 11.7 Å². The van der Waals surface area contributed by atoms with E-state index in [2.05, 4.69) is 15.0 Å². The third kappa shape index (κ3) is 4.98. The normalized spacial score (nSPS) is 20.2. The highest BCUT2D eigenvalue weighted by atomic mass is 35.5. The van der Waals surface area contributed by atoms with Gasteiger partial charge in [-0.1, -0.05) is 23.7 Å². The third-order valence-electron chi connectivity index (χ3n) is 6.06. The van der Waals surface area contributed by atoms with Crippen LogP contribution in [-0.4, -0.2) is 25.4 Å². The van der Waals surface area contributed by atoms with Gasteiger partial charge in [0.25, 0.3) is 0 Å². The van der Waals surface area contributed by atoms with Crippen LogP contribution in [0.3, 0.4) is 0 Å². The van der Waals surface area contributed by atoms with Crippen LogP contribution < -0.4 is 10.0 Å². The molecule has 0 spiro atoms. The van der Waals surface area contributed by atoms with E-state index in [-0.39, 0.29) is 34.6 Å². The Morgan fingerprint density at radius 1 is 1.12 bits per heavy atom. The van der Waals surface area contributed by atoms with Crippen LogP contribution in [0.15, 0.2) is 53.6 Å². The number of hydrogen-bond donors (Lipinski definition) is 3. The summed E-state index contributed by atoms with van der Waals surface area (Å²) >= 11 is 6.11. The largest absolute Gasteiger partial charge is 0.360 e. The molecule has 0 saturated heterocycles. The van der Waals surface area contributed by atoms with Gasteiger partial charge in [-0.05, 0) is 68.5 Å². The van der Waals surface area contributed by atoms with E-state index in [0.29, 0.717) is 36.1 Å². The summed E-state index contributed by atoms with van der Waals surface area (Å²) in [5.74, 6) is -0.548. The molecule has 0 aliphatic heterocycles. The lowest BCUT2D eigenvalue weighted by molar-refractivity contribution is -0.126. The maximum absolute atomic E-state index is 13.1. The molecule has 1 aromatic heterocycles. The second kappa shape index (κ2) is 9.21. The lowest BCUT2D eigenvalue weighted by Gasteiger charge is -2.29. The van der Waals surface area contributed by atoms with E-state index in [1.54, 1.807) is 36.5 Å². The van der Waals surface area contributed by atoms with E-state index in [1.165, 1.54) is 12.1 Å². The van der Waals surface area contributed by atoms with Gasteiger partial charge in [-0.15, -0.1) is 0 Å². The van der Waals surface area contributed by atoms with Crippen LogP contribution in [0.25, 0.3) is 10.9 Å². The average Bonchev–Trinajstić information content (AvgIpc) is 3.14. The van der Waals surface area contributed by atoms with Gasteiger partial charge in [-0.2, -0.15) is 0 Å². The van der Waals surface area contributed by atoms with Crippen molar-refractivity contribution < 1.29 is 17.6 Å². The van der Waals surface area contributed by atoms with Gasteiger partial charge in [0.1, 0.15) is 5.82 Å². The Balaban J connectivity index is 1.33. The molecule has 170 valence electrons. The minimum atomic E-state index is -3.70. The first kappa shape index (κ1) is 22.8. The van der Waals surface area contributed by atoms with Crippen LogP contribution in [0.4, 0.5) is 4.39 Å². The van der Waals surface area contributed by atoms with Crippen molar-refractivity contribution in [3.05, 3.63) is 65.1 Å². The van der Waals surface area contributed by atoms with Gasteiger partial charge < -0.3 is 10.3 Å². The summed E-state index contributed by atoms with van der Waals surface area (Å²) in [5, 5.41) is 4.11. The number of carbonyl (C=O) groups is 1. The summed E-state index contributed by atoms with van der Waals surface area (Å²) < 4.78 is 41.6. The van der Waals surface area contributed by atoms with E-state index in [9.17, 15) is 17.6 Å². The summed E-state index contributed by atoms with van der Waals surface area (Å²) in [6, 6.07) is 10.4. The zero-order chi connectivity index (χ0) is 22.9. The lowest BCUT2D eigenvalue weighted by atomic mass is 9.85. The number of carbonyl (C=O) groups excluding carboxylic acids is 1. The van der Waals surface area contributed by atoms with Gasteiger partial charge in [-0.3, -0.25) is 4.79 Å². The fraction of sp³-hybridized carbons (Fsp3) is 0.348. The van der Waals surface area contributed by atoms with Crippen LogP contribution in [-0.2, 0) is 14.8 Å². The minimum Gasteiger partial charge on any atom is -0.360 e. The van der Waals surface area contributed by atoms with Gasteiger partial charge >= 0.3 is 0 Å². The molecule has 1 saturated carbocycles. The molecule has 9 heteroatoms. The predicted molar refractivity (Wildman–Crippen MR) is 122 cm³/mol. The first-order chi connectivity index (χ1) is 15.2. The first-order valence-corrected chi connectivity index (χ1v) is 12.4. The summed E-state index contributed by atoms with van der Waals surface area (Å²) in [6.45, 7) is 1.86. The van der Waals surface area contributed by atoms with Crippen molar-refractivity contribution in [2.24, 2.45) is 5.92 Å². The van der Waals surface area contributed by atoms with Crippen molar-refractivity contribution >= 4 is 38.4 Å². The summed E-state index contributed by atoms with van der Waals surface area (Å²) in [4.78, 5) is 15.8. The van der Waals surface area contributed by atoms with Gasteiger partial charge in [0.15, 0.2) is 0 Å². The summed E-state index contributed by atoms with van der Waals surface area (Å²) in [5.41, 5.74) is 1.61. The molecule has 1 atom stereocenters. The van der Waals surface area contributed by atoms with Crippen molar-refractivity contribution in [2.45, 2.75) is 49.6 Å². The maximum atomic E-state index is 13.1. The number of aromatic nitrogens is 1. The molecule has 3 aromatic rings. The highest BCUT2D eigenvalue weighted by Crippen LogP contribution is 2.29. The number of benzene rings is 2. The Hall–Kier alpha value is -2.42. The molecule has 32 heavy (non-hydrogen) atoms.